The summed E-state index contributed by atoms with van der Waals surface area (Å²) < 4.78 is 32.0. The summed E-state index contributed by atoms with van der Waals surface area (Å²) in [5.41, 5.74) is 1.66. The summed E-state index contributed by atoms with van der Waals surface area (Å²) in [6.45, 7) is 0.435. The van der Waals surface area contributed by atoms with Crippen molar-refractivity contribution < 1.29 is 13.2 Å². The van der Waals surface area contributed by atoms with E-state index in [1.807, 2.05) is 6.07 Å². The maximum absolute atomic E-state index is 12.7. The third kappa shape index (κ3) is 2.47. The largest absolute Gasteiger partial charge is 0.497 e. The maximum Gasteiger partial charge on any atom is 0.264 e. The number of rotatable bonds is 3. The Morgan fingerprint density at radius 3 is 2.52 bits per heavy atom. The minimum atomic E-state index is -3.56. The van der Waals surface area contributed by atoms with Crippen LogP contribution in [0.2, 0.25) is 5.02 Å². The van der Waals surface area contributed by atoms with Gasteiger partial charge in [-0.25, -0.2) is 8.42 Å². The molecule has 2 aromatic rings. The van der Waals surface area contributed by atoms with E-state index >= 15 is 0 Å². The minimum absolute atomic E-state index is 0.256. The Morgan fingerprint density at radius 1 is 1.14 bits per heavy atom. The highest BCUT2D eigenvalue weighted by molar-refractivity contribution is 7.92. The molecule has 110 valence electrons. The first kappa shape index (κ1) is 14.2. The van der Waals surface area contributed by atoms with Crippen molar-refractivity contribution in [3.05, 3.63) is 53.1 Å². The lowest BCUT2D eigenvalue weighted by atomic mass is 10.2. The lowest BCUT2D eigenvalue weighted by molar-refractivity contribution is 0.414. The maximum atomic E-state index is 12.7. The standard InChI is InChI=1S/C15H14ClNO3S/c1-20-13-3-5-14(6-4-13)21(18,19)17-9-8-11-10-12(16)2-7-15(11)17/h2-7,10H,8-9H2,1H3. The van der Waals surface area contributed by atoms with Gasteiger partial charge in [0.05, 0.1) is 17.7 Å². The molecule has 0 spiro atoms. The molecule has 3 rings (SSSR count). The van der Waals surface area contributed by atoms with E-state index in [1.165, 1.54) is 4.31 Å². The van der Waals surface area contributed by atoms with E-state index in [1.54, 1.807) is 43.5 Å². The molecular formula is C15H14ClNO3S. The molecule has 21 heavy (non-hydrogen) atoms. The smallest absolute Gasteiger partial charge is 0.264 e. The fourth-order valence-electron chi connectivity index (χ4n) is 2.46. The molecule has 0 saturated carbocycles. The van der Waals surface area contributed by atoms with Gasteiger partial charge in [-0.1, -0.05) is 11.6 Å². The van der Waals surface area contributed by atoms with Crippen LogP contribution >= 0.6 is 11.6 Å². The van der Waals surface area contributed by atoms with E-state index in [0.29, 0.717) is 29.4 Å². The second kappa shape index (κ2) is 5.24. The number of halogens is 1. The Kier molecular flexibility index (Phi) is 3.55. The number of hydrogen-bond acceptors (Lipinski definition) is 3. The number of hydrogen-bond donors (Lipinski definition) is 0. The molecule has 2 aromatic carbocycles. The second-order valence-electron chi connectivity index (χ2n) is 4.78. The molecule has 0 N–H and O–H groups in total. The lowest BCUT2D eigenvalue weighted by Crippen LogP contribution is -2.29. The van der Waals surface area contributed by atoms with Crippen molar-refractivity contribution in [3.8, 4) is 5.75 Å². The molecule has 6 heteroatoms. The van der Waals surface area contributed by atoms with E-state index in [9.17, 15) is 8.42 Å². The van der Waals surface area contributed by atoms with Crippen molar-refractivity contribution in [1.82, 2.24) is 0 Å². The van der Waals surface area contributed by atoms with Crippen molar-refractivity contribution in [3.63, 3.8) is 0 Å². The van der Waals surface area contributed by atoms with Crippen LogP contribution in [0.1, 0.15) is 5.56 Å². The van der Waals surface area contributed by atoms with Crippen LogP contribution in [-0.2, 0) is 16.4 Å². The zero-order chi connectivity index (χ0) is 15.0. The van der Waals surface area contributed by atoms with Crippen LogP contribution in [0.5, 0.6) is 5.75 Å². The van der Waals surface area contributed by atoms with E-state index in [0.717, 1.165) is 5.56 Å². The number of anilines is 1. The van der Waals surface area contributed by atoms with Gasteiger partial charge in [0.1, 0.15) is 5.75 Å². The molecule has 1 aliphatic heterocycles. The summed E-state index contributed by atoms with van der Waals surface area (Å²) in [6, 6.07) is 11.7. The first-order chi connectivity index (χ1) is 10.0. The Labute approximate surface area is 129 Å². The number of methoxy groups -OCH3 is 1. The van der Waals surface area contributed by atoms with Crippen LogP contribution in [0.4, 0.5) is 5.69 Å². The van der Waals surface area contributed by atoms with Crippen LogP contribution in [0, 0.1) is 0 Å². The zero-order valence-corrected chi connectivity index (χ0v) is 13.0. The highest BCUT2D eigenvalue weighted by Crippen LogP contribution is 2.34. The van der Waals surface area contributed by atoms with Gasteiger partial charge in [0, 0.05) is 11.6 Å². The summed E-state index contributed by atoms with van der Waals surface area (Å²) in [5.74, 6) is 0.627. The van der Waals surface area contributed by atoms with E-state index in [4.69, 9.17) is 16.3 Å². The Bertz CT molecular complexity index is 772. The zero-order valence-electron chi connectivity index (χ0n) is 11.4. The van der Waals surface area contributed by atoms with Gasteiger partial charge in [-0.3, -0.25) is 4.31 Å². The molecule has 0 fully saturated rings. The number of benzene rings is 2. The highest BCUT2D eigenvalue weighted by atomic mass is 35.5. The number of sulfonamides is 1. The third-order valence-electron chi connectivity index (χ3n) is 3.54. The monoisotopic (exact) mass is 323 g/mol. The average Bonchev–Trinajstić information content (AvgIpc) is 2.91. The molecule has 4 nitrogen and oxygen atoms in total. The molecule has 0 atom stereocenters. The van der Waals surface area contributed by atoms with Crippen LogP contribution in [0.3, 0.4) is 0 Å². The lowest BCUT2D eigenvalue weighted by Gasteiger charge is -2.19. The van der Waals surface area contributed by atoms with Gasteiger partial charge >= 0.3 is 0 Å². The molecule has 0 radical (unpaired) electrons. The number of nitrogens with zero attached hydrogens (tertiary/aromatic N) is 1. The number of ether oxygens (including phenoxy) is 1. The molecule has 0 saturated heterocycles. The number of fused-ring (bicyclic) bond motifs is 1. The van der Waals surface area contributed by atoms with Gasteiger partial charge in [-0.05, 0) is 54.4 Å². The summed E-state index contributed by atoms with van der Waals surface area (Å²) in [5, 5.41) is 0.623. The summed E-state index contributed by atoms with van der Waals surface area (Å²) in [4.78, 5) is 0.256. The van der Waals surface area contributed by atoms with Crippen LogP contribution < -0.4 is 9.04 Å². The van der Waals surface area contributed by atoms with Crippen molar-refractivity contribution in [2.75, 3.05) is 18.0 Å². The van der Waals surface area contributed by atoms with E-state index in [-0.39, 0.29) is 4.90 Å². The topological polar surface area (TPSA) is 46.6 Å². The second-order valence-corrected chi connectivity index (χ2v) is 7.07. The van der Waals surface area contributed by atoms with Crippen molar-refractivity contribution in [2.45, 2.75) is 11.3 Å². The van der Waals surface area contributed by atoms with Gasteiger partial charge in [0.2, 0.25) is 0 Å². The van der Waals surface area contributed by atoms with Crippen molar-refractivity contribution in [2.24, 2.45) is 0 Å². The van der Waals surface area contributed by atoms with Gasteiger partial charge < -0.3 is 4.74 Å². The molecule has 0 unspecified atom stereocenters. The molecule has 0 aromatic heterocycles. The predicted octanol–water partition coefficient (Wildman–Crippen LogP) is 3.10. The fraction of sp³-hybridized carbons (Fsp3) is 0.200. The molecule has 0 bridgehead atoms. The molecular weight excluding hydrogens is 310 g/mol. The summed E-state index contributed by atoms with van der Waals surface area (Å²) >= 11 is 5.95. The third-order valence-corrected chi connectivity index (χ3v) is 5.60. The van der Waals surface area contributed by atoms with Crippen LogP contribution in [-0.4, -0.2) is 22.1 Å². The van der Waals surface area contributed by atoms with Gasteiger partial charge in [-0.2, -0.15) is 0 Å². The van der Waals surface area contributed by atoms with Crippen molar-refractivity contribution in [1.29, 1.82) is 0 Å². The first-order valence-electron chi connectivity index (χ1n) is 6.47. The first-order valence-corrected chi connectivity index (χ1v) is 8.29. The highest BCUT2D eigenvalue weighted by Gasteiger charge is 2.30. The van der Waals surface area contributed by atoms with Gasteiger partial charge in [-0.15, -0.1) is 0 Å². The molecule has 0 aliphatic carbocycles. The van der Waals surface area contributed by atoms with Crippen LogP contribution in [0.15, 0.2) is 47.4 Å². The Balaban J connectivity index is 2.00. The quantitative estimate of drug-likeness (QED) is 0.872. The van der Waals surface area contributed by atoms with Gasteiger partial charge in [0.25, 0.3) is 10.0 Å². The van der Waals surface area contributed by atoms with E-state index in [2.05, 4.69) is 0 Å². The molecule has 1 aliphatic rings. The summed E-state index contributed by atoms with van der Waals surface area (Å²) in [6.07, 6.45) is 0.672. The van der Waals surface area contributed by atoms with Gasteiger partial charge in [0.15, 0.2) is 0 Å². The van der Waals surface area contributed by atoms with E-state index < -0.39 is 10.0 Å². The summed E-state index contributed by atoms with van der Waals surface area (Å²) in [7, 11) is -2.01. The fourth-order valence-corrected chi connectivity index (χ4v) is 4.16. The molecule has 0 amide bonds. The van der Waals surface area contributed by atoms with Crippen LogP contribution in [0.25, 0.3) is 0 Å². The molecule has 1 heterocycles. The average molecular weight is 324 g/mol. The SMILES string of the molecule is COc1ccc(S(=O)(=O)N2CCc3cc(Cl)ccc32)cc1. The Morgan fingerprint density at radius 2 is 1.86 bits per heavy atom. The predicted molar refractivity (Wildman–Crippen MR) is 82.7 cm³/mol. The normalized spacial score (nSPS) is 14.1. The Hall–Kier alpha value is -1.72. The minimum Gasteiger partial charge on any atom is -0.497 e. The van der Waals surface area contributed by atoms with Crippen molar-refractivity contribution >= 4 is 27.3 Å².